The predicted octanol–water partition coefficient (Wildman–Crippen LogP) is 2.58. The molecular weight excluding hydrogens is 246 g/mol. The molecule has 3 heteroatoms. The summed E-state index contributed by atoms with van der Waals surface area (Å²) in [4.78, 5) is 0. The number of hydrogen-bond acceptors (Lipinski definition) is 1. The van der Waals surface area contributed by atoms with Crippen molar-refractivity contribution in [2.45, 2.75) is 20.0 Å². The Labute approximate surface area is 119 Å². The van der Waals surface area contributed by atoms with Crippen molar-refractivity contribution in [2.24, 2.45) is 0 Å². The van der Waals surface area contributed by atoms with Crippen LogP contribution in [0.15, 0.2) is 67.3 Å². The first-order valence-electron chi connectivity index (χ1n) is 6.80. The highest BCUT2D eigenvalue weighted by molar-refractivity contribution is 5.21. The van der Waals surface area contributed by atoms with Crippen molar-refractivity contribution in [1.29, 1.82) is 0 Å². The van der Waals surface area contributed by atoms with Gasteiger partial charge in [0.1, 0.15) is 6.54 Å². The molecule has 0 aliphatic rings. The van der Waals surface area contributed by atoms with Gasteiger partial charge in [-0.25, -0.2) is 4.57 Å². The maximum Gasteiger partial charge on any atom is 0.265 e. The van der Waals surface area contributed by atoms with E-state index in [1.807, 2.05) is 17.1 Å². The van der Waals surface area contributed by atoms with Crippen LogP contribution in [0.25, 0.3) is 0 Å². The molecule has 3 aromatic rings. The molecule has 0 spiro atoms. The maximum atomic E-state index is 4.41. The van der Waals surface area contributed by atoms with Crippen molar-refractivity contribution in [3.63, 3.8) is 0 Å². The summed E-state index contributed by atoms with van der Waals surface area (Å²) in [6, 6.07) is 19.0. The van der Waals surface area contributed by atoms with Gasteiger partial charge in [0.15, 0.2) is 0 Å². The molecule has 0 radical (unpaired) electrons. The number of nitrogens with zero attached hydrogens (tertiary/aromatic N) is 3. The third-order valence-corrected chi connectivity index (χ3v) is 3.26. The van der Waals surface area contributed by atoms with Gasteiger partial charge in [-0.2, -0.15) is 0 Å². The summed E-state index contributed by atoms with van der Waals surface area (Å²) in [5, 5.41) is 4.41. The second kappa shape index (κ2) is 5.70. The Morgan fingerprint density at radius 3 is 2.60 bits per heavy atom. The van der Waals surface area contributed by atoms with E-state index < -0.39 is 0 Å². The summed E-state index contributed by atoms with van der Waals surface area (Å²) in [7, 11) is 0. The highest BCUT2D eigenvalue weighted by Gasteiger charge is 2.07. The topological polar surface area (TPSA) is 21.7 Å². The van der Waals surface area contributed by atoms with E-state index in [1.54, 1.807) is 0 Å². The zero-order valence-electron chi connectivity index (χ0n) is 11.6. The van der Waals surface area contributed by atoms with Crippen molar-refractivity contribution in [3.8, 4) is 0 Å². The first-order chi connectivity index (χ1) is 9.79. The number of benzene rings is 2. The summed E-state index contributed by atoms with van der Waals surface area (Å²) >= 11 is 0. The van der Waals surface area contributed by atoms with Gasteiger partial charge in [0, 0.05) is 5.10 Å². The molecule has 20 heavy (non-hydrogen) atoms. The molecule has 1 heterocycles. The van der Waals surface area contributed by atoms with Gasteiger partial charge >= 0.3 is 0 Å². The molecule has 0 fully saturated rings. The fourth-order valence-corrected chi connectivity index (χ4v) is 2.32. The minimum Gasteiger partial charge on any atom is -0.233 e. The van der Waals surface area contributed by atoms with E-state index in [0.29, 0.717) is 0 Å². The molecule has 0 atom stereocenters. The van der Waals surface area contributed by atoms with Crippen LogP contribution in [0, 0.1) is 6.92 Å². The van der Waals surface area contributed by atoms with Crippen LogP contribution >= 0.6 is 0 Å². The molecule has 0 bridgehead atoms. The Kier molecular flexibility index (Phi) is 3.59. The van der Waals surface area contributed by atoms with E-state index in [1.165, 1.54) is 16.7 Å². The van der Waals surface area contributed by atoms with E-state index in [2.05, 4.69) is 71.4 Å². The second-order valence-corrected chi connectivity index (χ2v) is 5.09. The molecule has 1 aromatic heterocycles. The van der Waals surface area contributed by atoms with E-state index >= 15 is 0 Å². The molecule has 0 N–H and O–H groups in total. The van der Waals surface area contributed by atoms with Crippen LogP contribution in [0.2, 0.25) is 0 Å². The summed E-state index contributed by atoms with van der Waals surface area (Å²) < 4.78 is 4.07. The summed E-state index contributed by atoms with van der Waals surface area (Å²) in [5.41, 5.74) is 3.85. The highest BCUT2D eigenvalue weighted by Crippen LogP contribution is 2.03. The quantitative estimate of drug-likeness (QED) is 0.664. The number of aryl methyl sites for hydroxylation is 1. The van der Waals surface area contributed by atoms with Gasteiger partial charge < -0.3 is 0 Å². The van der Waals surface area contributed by atoms with Crippen molar-refractivity contribution in [3.05, 3.63) is 83.9 Å². The van der Waals surface area contributed by atoms with Gasteiger partial charge in [0.05, 0.1) is 6.54 Å². The van der Waals surface area contributed by atoms with E-state index in [9.17, 15) is 0 Å². The first kappa shape index (κ1) is 12.6. The van der Waals surface area contributed by atoms with E-state index in [-0.39, 0.29) is 0 Å². The third kappa shape index (κ3) is 3.12. The summed E-state index contributed by atoms with van der Waals surface area (Å²) in [6.45, 7) is 3.78. The predicted molar refractivity (Wildman–Crippen MR) is 78.2 cm³/mol. The fraction of sp³-hybridized carbons (Fsp3) is 0.176. The van der Waals surface area contributed by atoms with E-state index in [4.69, 9.17) is 0 Å². The lowest BCUT2D eigenvalue weighted by molar-refractivity contribution is -0.689. The van der Waals surface area contributed by atoms with Crippen molar-refractivity contribution < 1.29 is 4.57 Å². The molecule has 0 unspecified atom stereocenters. The number of rotatable bonds is 4. The Hall–Kier alpha value is -2.42. The Balaban J connectivity index is 1.71. The molecule has 3 nitrogen and oxygen atoms in total. The molecule has 0 saturated carbocycles. The van der Waals surface area contributed by atoms with Crippen molar-refractivity contribution in [2.75, 3.05) is 0 Å². The summed E-state index contributed by atoms with van der Waals surface area (Å²) in [6.07, 6.45) is 3.93. The second-order valence-electron chi connectivity index (χ2n) is 5.09. The van der Waals surface area contributed by atoms with E-state index in [0.717, 1.165) is 13.1 Å². The third-order valence-electron chi connectivity index (χ3n) is 3.26. The van der Waals surface area contributed by atoms with Gasteiger partial charge in [-0.1, -0.05) is 60.2 Å². The lowest BCUT2D eigenvalue weighted by Crippen LogP contribution is -2.31. The number of hydrogen-bond donors (Lipinski definition) is 0. The van der Waals surface area contributed by atoms with Crippen LogP contribution < -0.4 is 4.57 Å². The average Bonchev–Trinajstić information content (AvgIpc) is 2.87. The average molecular weight is 264 g/mol. The Bertz CT molecular complexity index is 686. The standard InChI is InChI=1S/C17H18N3/c1-15-6-5-9-17(10-15)11-19-13-18-20(14-19)12-16-7-3-2-4-8-16/h2-10,13-14H,11-12H2,1H3/q+1. The summed E-state index contributed by atoms with van der Waals surface area (Å²) in [5.74, 6) is 0. The van der Waals surface area contributed by atoms with Crippen LogP contribution in [0.3, 0.4) is 0 Å². The number of aromatic nitrogens is 3. The van der Waals surface area contributed by atoms with Gasteiger partial charge in [0.25, 0.3) is 6.33 Å². The molecular formula is C17H18N3+. The SMILES string of the molecule is Cc1cccc(C[n+]2cnn(Cc3ccccc3)c2)c1. The van der Waals surface area contributed by atoms with Crippen molar-refractivity contribution in [1.82, 2.24) is 9.78 Å². The lowest BCUT2D eigenvalue weighted by Gasteiger charge is -1.99. The van der Waals surface area contributed by atoms with Crippen LogP contribution in [0.5, 0.6) is 0 Å². The molecule has 2 aromatic carbocycles. The monoisotopic (exact) mass is 264 g/mol. The van der Waals surface area contributed by atoms with Gasteiger partial charge in [-0.3, -0.25) is 0 Å². The lowest BCUT2D eigenvalue weighted by atomic mass is 10.1. The highest BCUT2D eigenvalue weighted by atomic mass is 15.3. The fourth-order valence-electron chi connectivity index (χ4n) is 2.32. The molecule has 0 saturated heterocycles. The Morgan fingerprint density at radius 2 is 1.80 bits per heavy atom. The zero-order valence-corrected chi connectivity index (χ0v) is 11.6. The molecule has 3 rings (SSSR count). The van der Waals surface area contributed by atoms with Gasteiger partial charge in [-0.05, 0) is 18.1 Å². The zero-order chi connectivity index (χ0) is 13.8. The molecule has 100 valence electrons. The maximum absolute atomic E-state index is 4.41. The molecule has 0 aliphatic carbocycles. The Morgan fingerprint density at radius 1 is 1.00 bits per heavy atom. The van der Waals surface area contributed by atoms with Crippen LogP contribution in [0.4, 0.5) is 0 Å². The van der Waals surface area contributed by atoms with Crippen molar-refractivity contribution >= 4 is 0 Å². The van der Waals surface area contributed by atoms with Crippen LogP contribution in [0.1, 0.15) is 16.7 Å². The van der Waals surface area contributed by atoms with Gasteiger partial charge in [-0.15, -0.1) is 4.68 Å². The first-order valence-corrected chi connectivity index (χ1v) is 6.80. The minimum atomic E-state index is 0.807. The van der Waals surface area contributed by atoms with Crippen LogP contribution in [-0.4, -0.2) is 9.78 Å². The molecule has 0 aliphatic heterocycles. The molecule has 0 amide bonds. The minimum absolute atomic E-state index is 0.807. The largest absolute Gasteiger partial charge is 0.265 e. The van der Waals surface area contributed by atoms with Crippen LogP contribution in [-0.2, 0) is 13.1 Å². The van der Waals surface area contributed by atoms with Gasteiger partial charge in [0.2, 0.25) is 6.33 Å². The smallest absolute Gasteiger partial charge is 0.233 e. The normalized spacial score (nSPS) is 10.7.